The number of amides is 1. The number of aliphatic hydroxyl groups is 1. The molecule has 2 unspecified atom stereocenters. The van der Waals surface area contributed by atoms with Crippen molar-refractivity contribution < 1.29 is 33.0 Å². The van der Waals surface area contributed by atoms with E-state index < -0.39 is 23.8 Å². The van der Waals surface area contributed by atoms with Gasteiger partial charge in [0, 0.05) is 6.04 Å². The van der Waals surface area contributed by atoms with Gasteiger partial charge in [-0.15, -0.1) is 0 Å². The molecule has 1 amide bonds. The highest BCUT2D eigenvalue weighted by Gasteiger charge is 2.62. The summed E-state index contributed by atoms with van der Waals surface area (Å²) in [6.45, 7) is 0. The minimum atomic E-state index is -5.08. The molecule has 4 bridgehead atoms. The van der Waals surface area contributed by atoms with Crippen molar-refractivity contribution in [3.8, 4) is 6.07 Å². The molecule has 10 heteroatoms. The normalized spacial score (nSPS) is 43.9. The second-order valence-corrected chi connectivity index (χ2v) is 10.0. The van der Waals surface area contributed by atoms with Crippen molar-refractivity contribution in [3.05, 3.63) is 0 Å². The maximum Gasteiger partial charge on any atom is 0.490 e. The van der Waals surface area contributed by atoms with E-state index in [1.54, 1.807) is 4.90 Å². The number of nitrogens with zero attached hydrogens (tertiary/aromatic N) is 2. The van der Waals surface area contributed by atoms with Gasteiger partial charge in [-0.1, -0.05) is 0 Å². The van der Waals surface area contributed by atoms with Gasteiger partial charge in [-0.2, -0.15) is 18.4 Å². The van der Waals surface area contributed by atoms with Crippen LogP contribution in [-0.4, -0.2) is 56.9 Å². The standard InChI is InChI=1S/C18H25N3O2.C2HF3O2/c19-8-13-2-12-3-14(12)21(13)16(22)15(20)17-4-10-1-11(5-17)7-18(23,6-10)9-17;3-2(4,5)1(6)7/h10-15,23H,1-7,9,20H2;(H,6,7)/t10-,11+,12-,13+,14+,15-,17?,18?;/m1./s1. The number of hydrogen-bond donors (Lipinski definition) is 3. The number of carbonyl (C=O) groups is 2. The first-order valence-electron chi connectivity index (χ1n) is 10.4. The molecule has 5 aliphatic carbocycles. The number of carbonyl (C=O) groups excluding carboxylic acids is 1. The first kappa shape index (κ1) is 21.4. The Morgan fingerprint density at radius 3 is 2.17 bits per heavy atom. The van der Waals surface area contributed by atoms with Crippen molar-refractivity contribution in [1.82, 2.24) is 4.90 Å². The smallest absolute Gasteiger partial charge is 0.475 e. The van der Waals surface area contributed by atoms with Crippen molar-refractivity contribution in [3.63, 3.8) is 0 Å². The van der Waals surface area contributed by atoms with Crippen LogP contribution in [0.25, 0.3) is 0 Å². The van der Waals surface area contributed by atoms with Crippen LogP contribution in [0.4, 0.5) is 13.2 Å². The molecule has 0 aromatic carbocycles. The Kier molecular flexibility index (Phi) is 4.86. The van der Waals surface area contributed by atoms with Gasteiger partial charge in [0.1, 0.15) is 6.04 Å². The predicted molar refractivity (Wildman–Crippen MR) is 96.5 cm³/mol. The van der Waals surface area contributed by atoms with Gasteiger partial charge >= 0.3 is 12.1 Å². The first-order chi connectivity index (χ1) is 13.9. The van der Waals surface area contributed by atoms with E-state index in [2.05, 4.69) is 6.07 Å². The van der Waals surface area contributed by atoms with E-state index in [-0.39, 0.29) is 23.4 Å². The number of carboxylic acids is 1. The first-order valence-corrected chi connectivity index (χ1v) is 10.4. The summed E-state index contributed by atoms with van der Waals surface area (Å²) in [6.07, 6.45) is 2.40. The van der Waals surface area contributed by atoms with Crippen LogP contribution in [0, 0.1) is 34.5 Å². The van der Waals surface area contributed by atoms with E-state index in [1.165, 1.54) is 6.42 Å². The zero-order chi connectivity index (χ0) is 22.1. The van der Waals surface area contributed by atoms with Crippen LogP contribution in [0.3, 0.4) is 0 Å². The molecule has 1 heterocycles. The van der Waals surface area contributed by atoms with Crippen LogP contribution in [0.5, 0.6) is 0 Å². The summed E-state index contributed by atoms with van der Waals surface area (Å²) in [5, 5.41) is 27.4. The van der Waals surface area contributed by atoms with E-state index in [0.717, 1.165) is 38.5 Å². The summed E-state index contributed by atoms with van der Waals surface area (Å²) in [6, 6.07) is 1.72. The quantitative estimate of drug-likeness (QED) is 0.614. The monoisotopic (exact) mass is 429 g/mol. The van der Waals surface area contributed by atoms with E-state index >= 15 is 0 Å². The summed E-state index contributed by atoms with van der Waals surface area (Å²) in [5.74, 6) is -1.20. The molecular weight excluding hydrogens is 403 g/mol. The van der Waals surface area contributed by atoms with Gasteiger partial charge in [-0.05, 0) is 74.5 Å². The van der Waals surface area contributed by atoms with Crippen molar-refractivity contribution in [2.75, 3.05) is 0 Å². The van der Waals surface area contributed by atoms with Crippen LogP contribution in [0.15, 0.2) is 0 Å². The average Bonchev–Trinajstić information content (AvgIpc) is 3.28. The molecule has 4 N–H and O–H groups in total. The second-order valence-electron chi connectivity index (χ2n) is 10.0. The highest BCUT2D eigenvalue weighted by atomic mass is 19.4. The Balaban J connectivity index is 0.000000272. The fourth-order valence-corrected chi connectivity index (χ4v) is 6.96. The fraction of sp³-hybridized carbons (Fsp3) is 0.850. The van der Waals surface area contributed by atoms with Crippen LogP contribution >= 0.6 is 0 Å². The van der Waals surface area contributed by atoms with Gasteiger partial charge in [0.15, 0.2) is 0 Å². The summed E-state index contributed by atoms with van der Waals surface area (Å²) in [5.41, 5.74) is 5.71. The Bertz CT molecular complexity index is 781. The van der Waals surface area contributed by atoms with Crippen LogP contribution in [0.1, 0.15) is 51.4 Å². The number of nitriles is 1. The second kappa shape index (κ2) is 6.82. The predicted octanol–water partition coefficient (Wildman–Crippen LogP) is 1.79. The number of alkyl halides is 3. The molecule has 6 rings (SSSR count). The molecular formula is C20H26F3N3O4. The molecule has 1 saturated heterocycles. The van der Waals surface area contributed by atoms with Gasteiger partial charge in [0.2, 0.25) is 5.91 Å². The number of hydrogen-bond acceptors (Lipinski definition) is 5. The largest absolute Gasteiger partial charge is 0.490 e. The molecule has 30 heavy (non-hydrogen) atoms. The Labute approximate surface area is 172 Å². The zero-order valence-corrected chi connectivity index (χ0v) is 16.4. The summed E-state index contributed by atoms with van der Waals surface area (Å²) in [4.78, 5) is 23.8. The summed E-state index contributed by atoms with van der Waals surface area (Å²) in [7, 11) is 0. The molecule has 0 aromatic heterocycles. The zero-order valence-electron chi connectivity index (χ0n) is 16.4. The van der Waals surface area contributed by atoms with Crippen molar-refractivity contribution in [2.24, 2.45) is 28.9 Å². The number of rotatable bonds is 2. The summed E-state index contributed by atoms with van der Waals surface area (Å²) >= 11 is 0. The lowest BCUT2D eigenvalue weighted by Crippen LogP contribution is -2.64. The molecule has 5 saturated carbocycles. The maximum atomic E-state index is 13.1. The lowest BCUT2D eigenvalue weighted by molar-refractivity contribution is -0.192. The lowest BCUT2D eigenvalue weighted by Gasteiger charge is -2.61. The molecule has 7 nitrogen and oxygen atoms in total. The van der Waals surface area contributed by atoms with Gasteiger partial charge < -0.3 is 20.8 Å². The van der Waals surface area contributed by atoms with E-state index in [1.807, 2.05) is 0 Å². The van der Waals surface area contributed by atoms with Crippen molar-refractivity contribution in [1.29, 1.82) is 5.26 Å². The minimum Gasteiger partial charge on any atom is -0.475 e. The number of likely N-dealkylation sites (tertiary alicyclic amines) is 1. The van der Waals surface area contributed by atoms with Gasteiger partial charge in [-0.3, -0.25) is 4.79 Å². The number of halogens is 3. The highest BCUT2D eigenvalue weighted by molar-refractivity contribution is 5.84. The van der Waals surface area contributed by atoms with Crippen molar-refractivity contribution >= 4 is 11.9 Å². The van der Waals surface area contributed by atoms with Gasteiger partial charge in [0.25, 0.3) is 0 Å². The number of aliphatic carboxylic acids is 1. The van der Waals surface area contributed by atoms with Crippen LogP contribution in [0.2, 0.25) is 0 Å². The molecule has 0 radical (unpaired) electrons. The van der Waals surface area contributed by atoms with Crippen LogP contribution < -0.4 is 5.73 Å². The molecule has 0 aromatic rings. The number of nitrogens with two attached hydrogens (primary N) is 1. The number of piperidine rings is 1. The fourth-order valence-electron chi connectivity index (χ4n) is 6.96. The highest BCUT2D eigenvalue weighted by Crippen LogP contribution is 2.63. The summed E-state index contributed by atoms with van der Waals surface area (Å²) < 4.78 is 31.7. The molecule has 6 fully saturated rings. The van der Waals surface area contributed by atoms with E-state index in [4.69, 9.17) is 15.6 Å². The molecule has 0 spiro atoms. The third kappa shape index (κ3) is 3.56. The third-order valence-electron chi connectivity index (χ3n) is 7.75. The number of fused-ring (bicyclic) bond motifs is 1. The maximum absolute atomic E-state index is 13.1. The van der Waals surface area contributed by atoms with Gasteiger partial charge in [-0.25, -0.2) is 4.79 Å². The molecule has 1 aliphatic heterocycles. The van der Waals surface area contributed by atoms with Crippen molar-refractivity contribution in [2.45, 2.75) is 81.3 Å². The van der Waals surface area contributed by atoms with Gasteiger partial charge in [0.05, 0.1) is 17.7 Å². The Morgan fingerprint density at radius 1 is 1.13 bits per heavy atom. The Hall–Kier alpha value is -1.86. The minimum absolute atomic E-state index is 0.0212. The molecule has 6 aliphatic rings. The Morgan fingerprint density at radius 2 is 1.70 bits per heavy atom. The SMILES string of the molecule is N#C[C@@H]1C[C@@H]2C[C@@H]2N1C(=O)[C@@H](N)C12C[C@@H]3C[C@@H](CC(O)(C3)C1)C2.O=C(O)C(F)(F)F. The lowest BCUT2D eigenvalue weighted by atomic mass is 9.46. The van der Waals surface area contributed by atoms with E-state index in [9.17, 15) is 28.3 Å². The number of carboxylic acid groups (broad SMARTS) is 1. The van der Waals surface area contributed by atoms with Crippen LogP contribution in [-0.2, 0) is 9.59 Å². The third-order valence-corrected chi connectivity index (χ3v) is 7.75. The average molecular weight is 429 g/mol. The molecule has 166 valence electrons. The molecule has 8 atom stereocenters. The topological polar surface area (TPSA) is 128 Å². The van der Waals surface area contributed by atoms with E-state index in [0.29, 0.717) is 24.2 Å².